The standard InChI is InChI=1S/C13H15N3O3/c1-8-5-4-6-11(12(8)16(17)18)15-10(3)13-14-7-9(2)19-13/h4-7,10,15H,1-3H3. The minimum atomic E-state index is -0.384. The monoisotopic (exact) mass is 261 g/mol. The second kappa shape index (κ2) is 5.09. The van der Waals surface area contributed by atoms with Crippen LogP contribution in [0.15, 0.2) is 28.8 Å². The number of hydrogen-bond donors (Lipinski definition) is 1. The highest BCUT2D eigenvalue weighted by molar-refractivity contribution is 5.65. The van der Waals surface area contributed by atoms with Crippen molar-refractivity contribution in [3.63, 3.8) is 0 Å². The molecule has 0 amide bonds. The fourth-order valence-corrected chi connectivity index (χ4v) is 1.89. The molecule has 0 radical (unpaired) electrons. The second-order valence-electron chi connectivity index (χ2n) is 4.40. The molecule has 1 aromatic heterocycles. The number of aryl methyl sites for hydroxylation is 2. The van der Waals surface area contributed by atoms with Crippen molar-refractivity contribution >= 4 is 11.4 Å². The lowest BCUT2D eigenvalue weighted by Gasteiger charge is -2.12. The SMILES string of the molecule is Cc1cnc(C(C)Nc2cccc(C)c2[N+](=O)[O-])o1. The van der Waals surface area contributed by atoms with Gasteiger partial charge in [0.15, 0.2) is 0 Å². The quantitative estimate of drug-likeness (QED) is 0.674. The van der Waals surface area contributed by atoms with Gasteiger partial charge in [-0.3, -0.25) is 10.1 Å². The van der Waals surface area contributed by atoms with Gasteiger partial charge in [0.2, 0.25) is 5.89 Å². The zero-order valence-electron chi connectivity index (χ0n) is 11.0. The normalized spacial score (nSPS) is 12.2. The van der Waals surface area contributed by atoms with Gasteiger partial charge >= 0.3 is 0 Å². The Morgan fingerprint density at radius 2 is 2.16 bits per heavy atom. The van der Waals surface area contributed by atoms with Gasteiger partial charge in [0.1, 0.15) is 17.5 Å². The zero-order valence-corrected chi connectivity index (χ0v) is 11.0. The van der Waals surface area contributed by atoms with E-state index < -0.39 is 0 Å². The number of aromatic nitrogens is 1. The summed E-state index contributed by atoms with van der Waals surface area (Å²) in [6, 6.07) is 4.92. The molecule has 0 aliphatic carbocycles. The van der Waals surface area contributed by atoms with Crippen LogP contribution in [0.3, 0.4) is 0 Å². The van der Waals surface area contributed by atoms with E-state index in [2.05, 4.69) is 10.3 Å². The minimum Gasteiger partial charge on any atom is -0.444 e. The van der Waals surface area contributed by atoms with E-state index in [0.29, 0.717) is 22.9 Å². The first-order valence-corrected chi connectivity index (χ1v) is 5.92. The van der Waals surface area contributed by atoms with Crippen LogP contribution in [0.5, 0.6) is 0 Å². The van der Waals surface area contributed by atoms with Crippen LogP contribution in [0.1, 0.15) is 30.2 Å². The van der Waals surface area contributed by atoms with E-state index >= 15 is 0 Å². The molecule has 1 aromatic carbocycles. The highest BCUT2D eigenvalue weighted by atomic mass is 16.6. The van der Waals surface area contributed by atoms with Crippen LogP contribution in [0.4, 0.5) is 11.4 Å². The van der Waals surface area contributed by atoms with Crippen LogP contribution >= 0.6 is 0 Å². The summed E-state index contributed by atoms with van der Waals surface area (Å²) in [4.78, 5) is 14.8. The molecule has 1 heterocycles. The molecule has 1 atom stereocenters. The molecule has 6 heteroatoms. The molecule has 0 saturated heterocycles. The molecule has 0 saturated carbocycles. The first-order valence-electron chi connectivity index (χ1n) is 5.92. The van der Waals surface area contributed by atoms with Crippen LogP contribution in [0, 0.1) is 24.0 Å². The number of anilines is 1. The number of nitro groups is 1. The van der Waals surface area contributed by atoms with Gasteiger partial charge in [-0.1, -0.05) is 12.1 Å². The molecule has 0 bridgehead atoms. The van der Waals surface area contributed by atoms with Gasteiger partial charge in [-0.05, 0) is 26.8 Å². The van der Waals surface area contributed by atoms with E-state index in [0.717, 1.165) is 0 Å². The first-order chi connectivity index (χ1) is 8.99. The predicted molar refractivity (Wildman–Crippen MR) is 71.1 cm³/mol. The Bertz CT molecular complexity index is 607. The molecular weight excluding hydrogens is 246 g/mol. The van der Waals surface area contributed by atoms with Crippen molar-refractivity contribution in [3.8, 4) is 0 Å². The summed E-state index contributed by atoms with van der Waals surface area (Å²) in [5.41, 5.74) is 1.16. The number of nitrogens with zero attached hydrogens (tertiary/aromatic N) is 2. The van der Waals surface area contributed by atoms with Crippen molar-refractivity contribution in [1.29, 1.82) is 0 Å². The second-order valence-corrected chi connectivity index (χ2v) is 4.40. The first kappa shape index (κ1) is 13.1. The van der Waals surface area contributed by atoms with E-state index in [-0.39, 0.29) is 16.7 Å². The third-order valence-electron chi connectivity index (χ3n) is 2.80. The van der Waals surface area contributed by atoms with Crippen LogP contribution in [0.25, 0.3) is 0 Å². The fraction of sp³-hybridized carbons (Fsp3) is 0.308. The van der Waals surface area contributed by atoms with E-state index in [9.17, 15) is 10.1 Å². The molecule has 0 spiro atoms. The Labute approximate surface area is 110 Å². The number of rotatable bonds is 4. The van der Waals surface area contributed by atoms with E-state index in [1.165, 1.54) is 0 Å². The van der Waals surface area contributed by atoms with Crippen molar-refractivity contribution in [2.45, 2.75) is 26.8 Å². The Morgan fingerprint density at radius 3 is 2.74 bits per heavy atom. The Morgan fingerprint density at radius 1 is 1.42 bits per heavy atom. The maximum absolute atomic E-state index is 11.1. The van der Waals surface area contributed by atoms with Crippen molar-refractivity contribution in [2.24, 2.45) is 0 Å². The van der Waals surface area contributed by atoms with Crippen molar-refractivity contribution in [1.82, 2.24) is 4.98 Å². The van der Waals surface area contributed by atoms with Crippen LogP contribution in [-0.4, -0.2) is 9.91 Å². The summed E-state index contributed by atoms with van der Waals surface area (Å²) in [6.45, 7) is 5.36. The molecular formula is C13H15N3O3. The minimum absolute atomic E-state index is 0.0811. The van der Waals surface area contributed by atoms with Gasteiger partial charge in [0.05, 0.1) is 11.1 Å². The third kappa shape index (κ3) is 2.73. The zero-order chi connectivity index (χ0) is 14.0. The lowest BCUT2D eigenvalue weighted by Crippen LogP contribution is -2.09. The maximum atomic E-state index is 11.1. The topological polar surface area (TPSA) is 81.2 Å². The maximum Gasteiger partial charge on any atom is 0.295 e. The predicted octanol–water partition coefficient (Wildman–Crippen LogP) is 3.37. The highest BCUT2D eigenvalue weighted by Crippen LogP contribution is 2.30. The summed E-state index contributed by atoms with van der Waals surface area (Å²) >= 11 is 0. The number of nitro benzene ring substituents is 1. The fourth-order valence-electron chi connectivity index (χ4n) is 1.89. The van der Waals surface area contributed by atoms with E-state index in [1.807, 2.05) is 6.92 Å². The van der Waals surface area contributed by atoms with Crippen molar-refractivity contribution in [3.05, 3.63) is 51.7 Å². The van der Waals surface area contributed by atoms with Gasteiger partial charge in [0, 0.05) is 5.56 Å². The van der Waals surface area contributed by atoms with E-state index in [1.54, 1.807) is 38.2 Å². The molecule has 1 unspecified atom stereocenters. The highest BCUT2D eigenvalue weighted by Gasteiger charge is 2.20. The molecule has 2 aromatic rings. The summed E-state index contributed by atoms with van der Waals surface area (Å²) < 4.78 is 5.40. The average molecular weight is 261 g/mol. The van der Waals surface area contributed by atoms with E-state index in [4.69, 9.17) is 4.42 Å². The average Bonchev–Trinajstić information content (AvgIpc) is 2.75. The lowest BCUT2D eigenvalue weighted by molar-refractivity contribution is -0.384. The molecule has 19 heavy (non-hydrogen) atoms. The number of hydrogen-bond acceptors (Lipinski definition) is 5. The number of nitrogens with one attached hydrogen (secondary N) is 1. The van der Waals surface area contributed by atoms with Gasteiger partial charge < -0.3 is 9.73 Å². The largest absolute Gasteiger partial charge is 0.444 e. The summed E-state index contributed by atoms with van der Waals surface area (Å²) in [5, 5.41) is 14.2. The van der Waals surface area contributed by atoms with Crippen LogP contribution in [-0.2, 0) is 0 Å². The molecule has 0 aliphatic rings. The smallest absolute Gasteiger partial charge is 0.295 e. The summed E-state index contributed by atoms with van der Waals surface area (Å²) in [6.07, 6.45) is 1.62. The van der Waals surface area contributed by atoms with Crippen LogP contribution < -0.4 is 5.32 Å². The Balaban J connectivity index is 2.28. The molecule has 1 N–H and O–H groups in total. The number of oxazole rings is 1. The van der Waals surface area contributed by atoms with Crippen molar-refractivity contribution < 1.29 is 9.34 Å². The Kier molecular flexibility index (Phi) is 3.50. The van der Waals surface area contributed by atoms with Crippen molar-refractivity contribution in [2.75, 3.05) is 5.32 Å². The lowest BCUT2D eigenvalue weighted by atomic mass is 10.1. The van der Waals surface area contributed by atoms with Gasteiger partial charge in [-0.25, -0.2) is 4.98 Å². The summed E-state index contributed by atoms with van der Waals surface area (Å²) in [5.74, 6) is 1.22. The third-order valence-corrected chi connectivity index (χ3v) is 2.80. The Hall–Kier alpha value is -2.37. The number of benzene rings is 1. The van der Waals surface area contributed by atoms with Gasteiger partial charge in [0.25, 0.3) is 5.69 Å². The number of para-hydroxylation sites is 1. The molecule has 2 rings (SSSR count). The van der Waals surface area contributed by atoms with Gasteiger partial charge in [-0.15, -0.1) is 0 Å². The van der Waals surface area contributed by atoms with Crippen LogP contribution in [0.2, 0.25) is 0 Å². The summed E-state index contributed by atoms with van der Waals surface area (Å²) in [7, 11) is 0. The van der Waals surface area contributed by atoms with Gasteiger partial charge in [-0.2, -0.15) is 0 Å². The molecule has 100 valence electrons. The molecule has 0 aliphatic heterocycles. The molecule has 0 fully saturated rings. The molecule has 6 nitrogen and oxygen atoms in total.